The lowest BCUT2D eigenvalue weighted by atomic mass is 9.94. The van der Waals surface area contributed by atoms with Gasteiger partial charge in [-0.1, -0.05) is 43.2 Å². The third-order valence-electron chi connectivity index (χ3n) is 7.76. The number of hydrogen-bond donors (Lipinski definition) is 2. The number of benzene rings is 2. The third-order valence-corrected chi connectivity index (χ3v) is 7.76. The third kappa shape index (κ3) is 6.73. The predicted octanol–water partition coefficient (Wildman–Crippen LogP) is 4.54. The van der Waals surface area contributed by atoms with Crippen molar-refractivity contribution in [1.29, 1.82) is 5.26 Å². The van der Waals surface area contributed by atoms with Crippen molar-refractivity contribution in [2.75, 3.05) is 19.6 Å². The Hall–Kier alpha value is -3.17. The fourth-order valence-corrected chi connectivity index (χ4v) is 5.17. The molecule has 1 heterocycles. The van der Waals surface area contributed by atoms with E-state index in [1.54, 1.807) is 24.3 Å². The Kier molecular flexibility index (Phi) is 8.77. The highest BCUT2D eigenvalue weighted by Crippen LogP contribution is 2.40. The van der Waals surface area contributed by atoms with E-state index < -0.39 is 6.04 Å². The van der Waals surface area contributed by atoms with E-state index in [4.69, 9.17) is 5.26 Å². The number of likely N-dealkylation sites (tertiary alicyclic amines) is 1. The molecule has 1 saturated heterocycles. The van der Waals surface area contributed by atoms with Crippen molar-refractivity contribution in [3.05, 3.63) is 70.8 Å². The van der Waals surface area contributed by atoms with Crippen LogP contribution in [-0.4, -0.2) is 48.4 Å². The standard InChI is InChI=1S/C30H38N4O2/c1-3-22-14-17-34(18-15-22)30(36)27(33-29(35)25-12-8-23(20-31)9-13-25)5-4-16-32-28-19-26(28)24-10-6-21(2)7-11-24/h6-13,22,26-28,32H,3-5,14-19H2,1-2H3,(H,33,35)/t26-,27-,28+/m0/s1. The number of hydrogen-bond acceptors (Lipinski definition) is 4. The summed E-state index contributed by atoms with van der Waals surface area (Å²) in [5, 5.41) is 15.6. The summed E-state index contributed by atoms with van der Waals surface area (Å²) in [6.07, 6.45) is 5.77. The molecule has 6 heteroatoms. The second kappa shape index (κ2) is 12.2. The van der Waals surface area contributed by atoms with Crippen molar-refractivity contribution < 1.29 is 9.59 Å². The van der Waals surface area contributed by atoms with E-state index in [1.165, 1.54) is 11.1 Å². The summed E-state index contributed by atoms with van der Waals surface area (Å²) in [6, 6.07) is 17.3. The van der Waals surface area contributed by atoms with E-state index in [1.807, 2.05) is 4.90 Å². The van der Waals surface area contributed by atoms with Gasteiger partial charge in [-0.15, -0.1) is 0 Å². The zero-order chi connectivity index (χ0) is 25.5. The second-order valence-corrected chi connectivity index (χ2v) is 10.3. The molecule has 0 bridgehead atoms. The Morgan fingerprint density at radius 3 is 2.42 bits per heavy atom. The summed E-state index contributed by atoms with van der Waals surface area (Å²) in [7, 11) is 0. The van der Waals surface area contributed by atoms with E-state index in [0.29, 0.717) is 35.4 Å². The number of aryl methyl sites for hydroxylation is 1. The molecule has 1 aliphatic carbocycles. The first-order valence-corrected chi connectivity index (χ1v) is 13.4. The van der Waals surface area contributed by atoms with Crippen molar-refractivity contribution in [2.24, 2.45) is 5.92 Å². The van der Waals surface area contributed by atoms with Crippen LogP contribution in [-0.2, 0) is 4.79 Å². The first-order chi connectivity index (χ1) is 17.5. The lowest BCUT2D eigenvalue weighted by Gasteiger charge is -2.34. The molecule has 3 atom stereocenters. The van der Waals surface area contributed by atoms with E-state index >= 15 is 0 Å². The monoisotopic (exact) mass is 486 g/mol. The van der Waals surface area contributed by atoms with Gasteiger partial charge in [-0.2, -0.15) is 5.26 Å². The largest absolute Gasteiger partial charge is 0.341 e. The number of carbonyl (C=O) groups excluding carboxylic acids is 2. The van der Waals surface area contributed by atoms with Crippen molar-refractivity contribution in [3.8, 4) is 6.07 Å². The number of carbonyl (C=O) groups is 2. The highest BCUT2D eigenvalue weighted by atomic mass is 16.2. The van der Waals surface area contributed by atoms with Crippen LogP contribution in [0.4, 0.5) is 0 Å². The van der Waals surface area contributed by atoms with Crippen LogP contribution in [0.15, 0.2) is 48.5 Å². The highest BCUT2D eigenvalue weighted by Gasteiger charge is 2.37. The average molecular weight is 487 g/mol. The SMILES string of the molecule is CCC1CCN(C(=O)[C@H](CCCN[C@@H]2C[C@H]2c2ccc(C)cc2)NC(=O)c2ccc(C#N)cc2)CC1. The molecule has 1 saturated carbocycles. The molecule has 0 radical (unpaired) electrons. The van der Waals surface area contributed by atoms with Crippen LogP contribution in [0.1, 0.15) is 78.4 Å². The molecule has 2 aromatic rings. The number of nitriles is 1. The second-order valence-electron chi connectivity index (χ2n) is 10.3. The minimum absolute atomic E-state index is 0.0236. The quantitative estimate of drug-likeness (QED) is 0.483. The van der Waals surface area contributed by atoms with Crippen molar-refractivity contribution >= 4 is 11.8 Å². The highest BCUT2D eigenvalue weighted by molar-refractivity contribution is 5.97. The van der Waals surface area contributed by atoms with Gasteiger partial charge in [-0.05, 0) is 81.3 Å². The molecule has 0 unspecified atom stereocenters. The van der Waals surface area contributed by atoms with Gasteiger partial charge in [0.05, 0.1) is 11.6 Å². The van der Waals surface area contributed by atoms with Crippen molar-refractivity contribution in [1.82, 2.24) is 15.5 Å². The number of rotatable bonds is 10. The summed E-state index contributed by atoms with van der Waals surface area (Å²) < 4.78 is 0. The van der Waals surface area contributed by atoms with Gasteiger partial charge in [0.15, 0.2) is 0 Å². The smallest absolute Gasteiger partial charge is 0.251 e. The van der Waals surface area contributed by atoms with Gasteiger partial charge in [-0.25, -0.2) is 0 Å². The molecule has 36 heavy (non-hydrogen) atoms. The van der Waals surface area contributed by atoms with Crippen LogP contribution in [0, 0.1) is 24.2 Å². The van der Waals surface area contributed by atoms with E-state index in [0.717, 1.165) is 51.7 Å². The predicted molar refractivity (Wildman–Crippen MR) is 142 cm³/mol. The van der Waals surface area contributed by atoms with Gasteiger partial charge >= 0.3 is 0 Å². The van der Waals surface area contributed by atoms with Gasteiger partial charge in [-0.3, -0.25) is 9.59 Å². The summed E-state index contributed by atoms with van der Waals surface area (Å²) >= 11 is 0. The van der Waals surface area contributed by atoms with Crippen LogP contribution in [0.3, 0.4) is 0 Å². The van der Waals surface area contributed by atoms with Crippen LogP contribution >= 0.6 is 0 Å². The molecule has 6 nitrogen and oxygen atoms in total. The topological polar surface area (TPSA) is 85.2 Å². The molecule has 2 amide bonds. The maximum Gasteiger partial charge on any atom is 0.251 e. The van der Waals surface area contributed by atoms with Gasteiger partial charge < -0.3 is 15.5 Å². The Morgan fingerprint density at radius 2 is 1.78 bits per heavy atom. The molecule has 2 aliphatic rings. The Balaban J connectivity index is 1.31. The first-order valence-electron chi connectivity index (χ1n) is 13.4. The minimum atomic E-state index is -0.541. The van der Waals surface area contributed by atoms with E-state index in [9.17, 15) is 9.59 Å². The van der Waals surface area contributed by atoms with Crippen molar-refractivity contribution in [2.45, 2.75) is 70.4 Å². The maximum absolute atomic E-state index is 13.4. The maximum atomic E-state index is 13.4. The minimum Gasteiger partial charge on any atom is -0.341 e. The van der Waals surface area contributed by atoms with Gasteiger partial charge in [0.25, 0.3) is 5.91 Å². The normalized spacial score (nSPS) is 20.4. The summed E-state index contributed by atoms with van der Waals surface area (Å²) in [5.41, 5.74) is 3.64. The molecule has 0 spiro atoms. The van der Waals surface area contributed by atoms with Crippen LogP contribution in [0.5, 0.6) is 0 Å². The van der Waals surface area contributed by atoms with Crippen molar-refractivity contribution in [3.63, 3.8) is 0 Å². The molecule has 190 valence electrons. The zero-order valence-corrected chi connectivity index (χ0v) is 21.5. The number of nitrogens with one attached hydrogen (secondary N) is 2. The van der Waals surface area contributed by atoms with E-state index in [-0.39, 0.29) is 11.8 Å². The fraction of sp³-hybridized carbons (Fsp3) is 0.500. The lowest BCUT2D eigenvalue weighted by molar-refractivity contribution is -0.134. The number of nitrogens with zero attached hydrogens (tertiary/aromatic N) is 2. The van der Waals surface area contributed by atoms with E-state index in [2.05, 4.69) is 54.8 Å². The first kappa shape index (κ1) is 25.9. The number of piperidine rings is 1. The molecule has 2 N–H and O–H groups in total. The average Bonchev–Trinajstić information content (AvgIpc) is 3.70. The van der Waals surface area contributed by atoms with Crippen LogP contribution in [0.25, 0.3) is 0 Å². The van der Waals surface area contributed by atoms with Crippen LogP contribution in [0.2, 0.25) is 0 Å². The molecular weight excluding hydrogens is 448 g/mol. The summed E-state index contributed by atoms with van der Waals surface area (Å²) in [4.78, 5) is 28.3. The number of amides is 2. The van der Waals surface area contributed by atoms with Crippen LogP contribution < -0.4 is 10.6 Å². The molecular formula is C30H38N4O2. The molecule has 2 fully saturated rings. The Labute approximate surface area is 215 Å². The van der Waals surface area contributed by atoms with Gasteiger partial charge in [0.1, 0.15) is 6.04 Å². The summed E-state index contributed by atoms with van der Waals surface area (Å²) in [5.74, 6) is 1.01. The molecule has 4 rings (SSSR count). The fourth-order valence-electron chi connectivity index (χ4n) is 5.17. The van der Waals surface area contributed by atoms with Gasteiger partial charge in [0, 0.05) is 30.6 Å². The van der Waals surface area contributed by atoms with Gasteiger partial charge in [0.2, 0.25) is 5.91 Å². The Morgan fingerprint density at radius 1 is 1.08 bits per heavy atom. The lowest BCUT2D eigenvalue weighted by Crippen LogP contribution is -2.51. The summed E-state index contributed by atoms with van der Waals surface area (Å²) in [6.45, 7) is 6.66. The Bertz CT molecular complexity index is 1070. The molecule has 1 aliphatic heterocycles. The zero-order valence-electron chi connectivity index (χ0n) is 21.5. The molecule has 2 aromatic carbocycles. The molecule has 0 aromatic heterocycles.